The van der Waals surface area contributed by atoms with E-state index in [1.807, 2.05) is 31.2 Å². The Balaban J connectivity index is 1.45. The lowest BCUT2D eigenvalue weighted by Gasteiger charge is -2.16. The van der Waals surface area contributed by atoms with E-state index in [1.54, 1.807) is 44.6 Å². The molecule has 172 valence electrons. The molecule has 0 fully saturated rings. The highest BCUT2D eigenvalue weighted by molar-refractivity contribution is 6.04. The van der Waals surface area contributed by atoms with Crippen molar-refractivity contribution < 1.29 is 9.59 Å². The van der Waals surface area contributed by atoms with Crippen LogP contribution in [0.3, 0.4) is 0 Å². The van der Waals surface area contributed by atoms with Crippen LogP contribution in [0, 0.1) is 18.3 Å². The van der Waals surface area contributed by atoms with Gasteiger partial charge in [-0.1, -0.05) is 6.07 Å². The van der Waals surface area contributed by atoms with Crippen LogP contribution in [0.15, 0.2) is 55.0 Å². The molecule has 0 bridgehead atoms. The summed E-state index contributed by atoms with van der Waals surface area (Å²) in [5.41, 5.74) is 5.23. The van der Waals surface area contributed by atoms with E-state index in [9.17, 15) is 14.9 Å². The Kier molecular flexibility index (Phi) is 5.25. The maximum atomic E-state index is 12.9. The summed E-state index contributed by atoms with van der Waals surface area (Å²) in [6.07, 6.45) is 5.29. The number of rotatable bonds is 4. The number of nitriles is 1. The normalized spacial score (nSPS) is 12.7. The Morgan fingerprint density at radius 1 is 1.11 bits per heavy atom. The third-order valence-electron chi connectivity index (χ3n) is 6.22. The summed E-state index contributed by atoms with van der Waals surface area (Å²) in [5, 5.41) is 15.9. The number of nitrogens with zero attached hydrogens (tertiary/aromatic N) is 4. The number of aromatic nitrogens is 3. The van der Waals surface area contributed by atoms with E-state index in [0.717, 1.165) is 38.7 Å². The van der Waals surface area contributed by atoms with E-state index < -0.39 is 5.41 Å². The van der Waals surface area contributed by atoms with Gasteiger partial charge >= 0.3 is 0 Å². The Morgan fingerprint density at radius 3 is 2.74 bits per heavy atom. The minimum atomic E-state index is -0.726. The molecule has 0 spiro atoms. The fourth-order valence-corrected chi connectivity index (χ4v) is 4.13. The SMILES string of the molecule is Cc1ccc(NC(=O)c2cc(C(C)(C)C#N)ccn2)cc1-c1cnc2c3c(ncc2c1)NC(=O)C3. The van der Waals surface area contributed by atoms with Crippen molar-refractivity contribution in [1.29, 1.82) is 5.26 Å². The Morgan fingerprint density at radius 2 is 1.94 bits per heavy atom. The minimum Gasteiger partial charge on any atom is -0.321 e. The van der Waals surface area contributed by atoms with Gasteiger partial charge in [0.2, 0.25) is 5.91 Å². The van der Waals surface area contributed by atoms with Crippen molar-refractivity contribution in [3.63, 3.8) is 0 Å². The highest BCUT2D eigenvalue weighted by Gasteiger charge is 2.23. The second kappa shape index (κ2) is 8.29. The zero-order valence-corrected chi connectivity index (χ0v) is 19.5. The maximum Gasteiger partial charge on any atom is 0.274 e. The molecular formula is C27H22N6O2. The molecule has 5 rings (SSSR count). The highest BCUT2D eigenvalue weighted by atomic mass is 16.2. The molecule has 2 amide bonds. The summed E-state index contributed by atoms with van der Waals surface area (Å²) < 4.78 is 0. The van der Waals surface area contributed by atoms with Gasteiger partial charge in [0.05, 0.1) is 23.4 Å². The van der Waals surface area contributed by atoms with Crippen LogP contribution >= 0.6 is 0 Å². The van der Waals surface area contributed by atoms with Crippen LogP contribution in [-0.4, -0.2) is 26.8 Å². The first-order valence-corrected chi connectivity index (χ1v) is 11.1. The molecule has 35 heavy (non-hydrogen) atoms. The molecule has 4 heterocycles. The van der Waals surface area contributed by atoms with Crippen molar-refractivity contribution in [1.82, 2.24) is 15.0 Å². The monoisotopic (exact) mass is 462 g/mol. The molecule has 0 atom stereocenters. The molecular weight excluding hydrogens is 440 g/mol. The lowest BCUT2D eigenvalue weighted by Crippen LogP contribution is -2.18. The van der Waals surface area contributed by atoms with Crippen molar-refractivity contribution in [3.8, 4) is 17.2 Å². The number of pyridine rings is 3. The van der Waals surface area contributed by atoms with E-state index in [1.165, 1.54) is 0 Å². The number of benzene rings is 1. The van der Waals surface area contributed by atoms with Crippen LogP contribution in [0.5, 0.6) is 0 Å². The lowest BCUT2D eigenvalue weighted by atomic mass is 9.86. The van der Waals surface area contributed by atoms with Gasteiger partial charge in [-0.3, -0.25) is 19.6 Å². The van der Waals surface area contributed by atoms with Gasteiger partial charge in [0.25, 0.3) is 5.91 Å². The van der Waals surface area contributed by atoms with Gasteiger partial charge in [0.1, 0.15) is 11.5 Å². The molecule has 0 saturated carbocycles. The van der Waals surface area contributed by atoms with Gasteiger partial charge in [-0.15, -0.1) is 0 Å². The predicted octanol–water partition coefficient (Wildman–Crippen LogP) is 4.55. The number of anilines is 2. The van der Waals surface area contributed by atoms with Crippen LogP contribution in [0.25, 0.3) is 22.0 Å². The number of nitrogens with one attached hydrogen (secondary N) is 2. The van der Waals surface area contributed by atoms with Crippen molar-refractivity contribution >= 4 is 34.2 Å². The number of carbonyl (C=O) groups excluding carboxylic acids is 2. The quantitative estimate of drug-likeness (QED) is 0.459. The van der Waals surface area contributed by atoms with Crippen molar-refractivity contribution in [2.24, 2.45) is 0 Å². The van der Waals surface area contributed by atoms with Crippen molar-refractivity contribution in [2.45, 2.75) is 32.6 Å². The summed E-state index contributed by atoms with van der Waals surface area (Å²) in [4.78, 5) is 37.8. The number of fused-ring (bicyclic) bond motifs is 3. The summed E-state index contributed by atoms with van der Waals surface area (Å²) >= 11 is 0. The first-order chi connectivity index (χ1) is 16.7. The second-order valence-electron chi connectivity index (χ2n) is 9.12. The molecule has 3 aromatic heterocycles. The largest absolute Gasteiger partial charge is 0.321 e. The third-order valence-corrected chi connectivity index (χ3v) is 6.22. The fourth-order valence-electron chi connectivity index (χ4n) is 4.13. The fraction of sp³-hybridized carbons (Fsp3) is 0.185. The van der Waals surface area contributed by atoms with Crippen LogP contribution in [0.4, 0.5) is 11.5 Å². The molecule has 0 saturated heterocycles. The Hall–Kier alpha value is -4.64. The number of hydrogen-bond donors (Lipinski definition) is 2. The van der Waals surface area contributed by atoms with Crippen LogP contribution in [0.2, 0.25) is 0 Å². The number of hydrogen-bond acceptors (Lipinski definition) is 6. The molecule has 2 N–H and O–H groups in total. The standard InChI is InChI=1S/C27H22N6O2/c1-15-4-5-19(32-26(35)22-9-18(6-7-29-22)27(2,3)14-28)10-20(15)16-8-17-13-31-25-21(11-23(34)33-25)24(17)30-12-16/h4-10,12-13H,11H2,1-3H3,(H,32,35)(H,31,33,34). The van der Waals surface area contributed by atoms with Crippen LogP contribution in [-0.2, 0) is 16.6 Å². The van der Waals surface area contributed by atoms with Gasteiger partial charge in [-0.25, -0.2) is 4.98 Å². The summed E-state index contributed by atoms with van der Waals surface area (Å²) in [6.45, 7) is 5.59. The van der Waals surface area contributed by atoms with Gasteiger partial charge in [0, 0.05) is 40.8 Å². The zero-order chi connectivity index (χ0) is 24.7. The number of amides is 2. The molecule has 1 aromatic carbocycles. The zero-order valence-electron chi connectivity index (χ0n) is 19.5. The second-order valence-corrected chi connectivity index (χ2v) is 9.12. The maximum absolute atomic E-state index is 12.9. The van der Waals surface area contributed by atoms with Crippen molar-refractivity contribution in [2.75, 3.05) is 10.6 Å². The van der Waals surface area contributed by atoms with Crippen LogP contribution in [0.1, 0.15) is 41.0 Å². The molecule has 8 nitrogen and oxygen atoms in total. The molecule has 1 aliphatic heterocycles. The Bertz CT molecular complexity index is 1570. The molecule has 4 aromatic rings. The van der Waals surface area contributed by atoms with Crippen LogP contribution < -0.4 is 10.6 Å². The van der Waals surface area contributed by atoms with E-state index in [0.29, 0.717) is 11.5 Å². The Labute approximate surface area is 202 Å². The topological polar surface area (TPSA) is 121 Å². The molecule has 0 unspecified atom stereocenters. The summed E-state index contributed by atoms with van der Waals surface area (Å²) in [5.74, 6) is 0.129. The van der Waals surface area contributed by atoms with Gasteiger partial charge in [-0.05, 0) is 67.8 Å². The van der Waals surface area contributed by atoms with E-state index in [2.05, 4.69) is 31.7 Å². The molecule has 8 heteroatoms. The van der Waals surface area contributed by atoms with Gasteiger partial charge in [0.15, 0.2) is 0 Å². The molecule has 1 aliphatic rings. The number of carbonyl (C=O) groups is 2. The van der Waals surface area contributed by atoms with Crippen molar-refractivity contribution in [3.05, 3.63) is 77.4 Å². The minimum absolute atomic E-state index is 0.0821. The van der Waals surface area contributed by atoms with E-state index >= 15 is 0 Å². The summed E-state index contributed by atoms with van der Waals surface area (Å²) in [6, 6.07) is 13.3. The third kappa shape index (κ3) is 4.08. The molecule has 0 aliphatic carbocycles. The van der Waals surface area contributed by atoms with E-state index in [-0.39, 0.29) is 23.9 Å². The molecule has 0 radical (unpaired) electrons. The predicted molar refractivity (Wildman–Crippen MR) is 133 cm³/mol. The summed E-state index contributed by atoms with van der Waals surface area (Å²) in [7, 11) is 0. The lowest BCUT2D eigenvalue weighted by molar-refractivity contribution is -0.115. The van der Waals surface area contributed by atoms with Gasteiger partial charge < -0.3 is 10.6 Å². The number of aryl methyl sites for hydroxylation is 1. The van der Waals surface area contributed by atoms with E-state index in [4.69, 9.17) is 0 Å². The first kappa shape index (κ1) is 22.2. The smallest absolute Gasteiger partial charge is 0.274 e. The first-order valence-electron chi connectivity index (χ1n) is 11.1. The van der Waals surface area contributed by atoms with Gasteiger partial charge in [-0.2, -0.15) is 5.26 Å². The average molecular weight is 463 g/mol. The average Bonchev–Trinajstić information content (AvgIpc) is 3.25. The highest BCUT2D eigenvalue weighted by Crippen LogP contribution is 2.32.